The Balaban J connectivity index is 1.88. The number of carbonyl (C=O) groups excluding carboxylic acids is 2. The Bertz CT molecular complexity index is 968. The van der Waals surface area contributed by atoms with Gasteiger partial charge in [-0.3, -0.25) is 4.79 Å². The number of rotatable bonds is 7. The van der Waals surface area contributed by atoms with Gasteiger partial charge in [0.15, 0.2) is 11.5 Å². The fraction of sp³-hybridized carbons (Fsp3) is 0.409. The van der Waals surface area contributed by atoms with Gasteiger partial charge in [0.1, 0.15) is 5.92 Å². The zero-order valence-corrected chi connectivity index (χ0v) is 18.5. The molecule has 3 rings (SSSR count). The summed E-state index contributed by atoms with van der Waals surface area (Å²) in [7, 11) is 3.05. The van der Waals surface area contributed by atoms with Crippen molar-refractivity contribution in [2.45, 2.75) is 18.2 Å². The average molecular weight is 444 g/mol. The summed E-state index contributed by atoms with van der Waals surface area (Å²) < 4.78 is 15.9. The van der Waals surface area contributed by atoms with Gasteiger partial charge >= 0.3 is 5.97 Å². The third kappa shape index (κ3) is 4.40. The van der Waals surface area contributed by atoms with Crippen molar-refractivity contribution in [2.75, 3.05) is 33.9 Å². The van der Waals surface area contributed by atoms with Crippen LogP contribution in [0.5, 0.6) is 11.5 Å². The predicted octanol–water partition coefficient (Wildman–Crippen LogP) is 2.23. The Morgan fingerprint density at radius 3 is 2.87 bits per heavy atom. The van der Waals surface area contributed by atoms with E-state index in [1.54, 1.807) is 31.2 Å². The first-order valence-corrected chi connectivity index (χ1v) is 10.7. The Morgan fingerprint density at radius 2 is 2.19 bits per heavy atom. The molecule has 1 aromatic carbocycles. The third-order valence-electron chi connectivity index (χ3n) is 5.12. The summed E-state index contributed by atoms with van der Waals surface area (Å²) in [4.78, 5) is 25.2. The van der Waals surface area contributed by atoms with Crippen molar-refractivity contribution in [3.63, 3.8) is 0 Å². The van der Waals surface area contributed by atoms with Crippen LogP contribution in [-0.2, 0) is 14.3 Å². The topological polar surface area (TPSA) is 110 Å². The van der Waals surface area contributed by atoms with E-state index in [1.165, 1.54) is 32.1 Å². The fourth-order valence-corrected chi connectivity index (χ4v) is 5.25. The summed E-state index contributed by atoms with van der Waals surface area (Å²) in [6, 6.07) is 7.53. The first kappa shape index (κ1) is 22.7. The number of ether oxygens (including phenoxy) is 3. The lowest BCUT2D eigenvalue weighted by molar-refractivity contribution is -0.149. The van der Waals surface area contributed by atoms with Crippen molar-refractivity contribution >= 4 is 29.7 Å². The number of thioether (sulfide) groups is 1. The molecule has 0 aromatic heterocycles. The second-order valence-corrected chi connectivity index (χ2v) is 8.24. The van der Waals surface area contributed by atoms with Crippen molar-refractivity contribution in [2.24, 2.45) is 5.92 Å². The molecule has 2 heterocycles. The van der Waals surface area contributed by atoms with Crippen molar-refractivity contribution < 1.29 is 23.8 Å². The van der Waals surface area contributed by atoms with Crippen LogP contribution < -0.4 is 20.1 Å². The molecule has 1 amide bonds. The maximum atomic E-state index is 13.0. The molecule has 31 heavy (non-hydrogen) atoms. The molecule has 0 saturated carbocycles. The smallest absolute Gasteiger partial charge is 0.344 e. The predicted molar refractivity (Wildman–Crippen MR) is 117 cm³/mol. The molecule has 0 bridgehead atoms. The molecular formula is C22H25N3O5S. The highest BCUT2D eigenvalue weighted by Crippen LogP contribution is 2.51. The van der Waals surface area contributed by atoms with Gasteiger partial charge in [0, 0.05) is 23.1 Å². The zero-order valence-electron chi connectivity index (χ0n) is 17.7. The number of para-hydroxylation sites is 1. The molecule has 2 N–H and O–H groups in total. The molecule has 0 spiro atoms. The number of amides is 1. The van der Waals surface area contributed by atoms with Gasteiger partial charge in [-0.15, -0.1) is 0 Å². The van der Waals surface area contributed by atoms with E-state index in [0.29, 0.717) is 30.0 Å². The summed E-state index contributed by atoms with van der Waals surface area (Å²) in [5.41, 5.74) is 1.53. The van der Waals surface area contributed by atoms with E-state index in [9.17, 15) is 14.9 Å². The SMILES string of the molecule is CCOC(=O)C1(NC(=O)C=Cc2cccc(OC)c2OC)SC2=C(CCNC2)C1C#N. The normalized spacial score (nSPS) is 22.6. The zero-order chi connectivity index (χ0) is 22.4. The number of nitrogens with zero attached hydrogens (tertiary/aromatic N) is 1. The molecule has 0 saturated heterocycles. The maximum absolute atomic E-state index is 13.0. The molecule has 2 atom stereocenters. The number of nitrogens with one attached hydrogen (secondary N) is 2. The van der Waals surface area contributed by atoms with Crippen LogP contribution in [0.25, 0.3) is 6.08 Å². The Kier molecular flexibility index (Phi) is 7.25. The minimum Gasteiger partial charge on any atom is -0.493 e. The third-order valence-corrected chi connectivity index (χ3v) is 6.60. The number of hydrogen-bond acceptors (Lipinski definition) is 8. The van der Waals surface area contributed by atoms with Gasteiger partial charge < -0.3 is 24.8 Å². The van der Waals surface area contributed by atoms with Crippen LogP contribution in [0.1, 0.15) is 18.9 Å². The first-order chi connectivity index (χ1) is 15.0. The fourth-order valence-electron chi connectivity index (χ4n) is 3.73. The molecule has 2 aliphatic heterocycles. The summed E-state index contributed by atoms with van der Waals surface area (Å²) in [6.45, 7) is 3.12. The molecule has 8 nitrogen and oxygen atoms in total. The summed E-state index contributed by atoms with van der Waals surface area (Å²) in [5.74, 6) is -0.909. The Morgan fingerprint density at radius 1 is 1.39 bits per heavy atom. The van der Waals surface area contributed by atoms with E-state index >= 15 is 0 Å². The number of nitriles is 1. The van der Waals surface area contributed by atoms with E-state index in [4.69, 9.17) is 14.2 Å². The second kappa shape index (κ2) is 9.90. The van der Waals surface area contributed by atoms with E-state index in [0.717, 1.165) is 17.0 Å². The Hall–Kier alpha value is -2.96. The van der Waals surface area contributed by atoms with Crippen molar-refractivity contribution in [3.05, 3.63) is 40.3 Å². The van der Waals surface area contributed by atoms with Crippen molar-refractivity contribution in [3.8, 4) is 17.6 Å². The van der Waals surface area contributed by atoms with Crippen LogP contribution in [0.4, 0.5) is 0 Å². The standard InChI is InChI=1S/C22H25N3O5S/c1-4-30-21(27)22(16(12-23)15-10-11-24-13-18(15)31-22)25-19(26)9-8-14-6-5-7-17(28-2)20(14)29-3/h5-9,16,24H,4,10-11,13H2,1-3H3,(H,25,26). The highest BCUT2D eigenvalue weighted by atomic mass is 32.2. The molecule has 0 aliphatic carbocycles. The number of hydrogen-bond donors (Lipinski definition) is 2. The number of esters is 1. The van der Waals surface area contributed by atoms with Gasteiger partial charge in [0.2, 0.25) is 10.8 Å². The lowest BCUT2D eigenvalue weighted by Crippen LogP contribution is -2.55. The summed E-state index contributed by atoms with van der Waals surface area (Å²) in [6.07, 6.45) is 3.53. The van der Waals surface area contributed by atoms with Crippen molar-refractivity contribution in [1.82, 2.24) is 10.6 Å². The molecule has 9 heteroatoms. The molecule has 1 aromatic rings. The van der Waals surface area contributed by atoms with E-state index < -0.39 is 22.7 Å². The maximum Gasteiger partial charge on any atom is 0.344 e. The van der Waals surface area contributed by atoms with Gasteiger partial charge in [-0.05, 0) is 37.6 Å². The highest BCUT2D eigenvalue weighted by molar-refractivity contribution is 8.05. The van der Waals surface area contributed by atoms with Crippen LogP contribution in [-0.4, -0.2) is 50.7 Å². The van der Waals surface area contributed by atoms with Crippen LogP contribution in [0.3, 0.4) is 0 Å². The van der Waals surface area contributed by atoms with Gasteiger partial charge in [-0.25, -0.2) is 4.79 Å². The lowest BCUT2D eigenvalue weighted by atomic mass is 9.88. The van der Waals surface area contributed by atoms with E-state index in [2.05, 4.69) is 16.7 Å². The van der Waals surface area contributed by atoms with Gasteiger partial charge in [0.25, 0.3) is 0 Å². The van der Waals surface area contributed by atoms with E-state index in [1.807, 2.05) is 0 Å². The highest BCUT2D eigenvalue weighted by Gasteiger charge is 2.56. The Labute approximate surface area is 185 Å². The van der Waals surface area contributed by atoms with Gasteiger partial charge in [0.05, 0.1) is 26.9 Å². The minimum atomic E-state index is -1.51. The molecule has 0 fully saturated rings. The van der Waals surface area contributed by atoms with Gasteiger partial charge in [-0.1, -0.05) is 23.9 Å². The molecule has 2 aliphatic rings. The molecular weight excluding hydrogens is 418 g/mol. The largest absolute Gasteiger partial charge is 0.493 e. The van der Waals surface area contributed by atoms with Crippen LogP contribution in [0.2, 0.25) is 0 Å². The van der Waals surface area contributed by atoms with E-state index in [-0.39, 0.29) is 6.61 Å². The van der Waals surface area contributed by atoms with Crippen LogP contribution in [0.15, 0.2) is 34.8 Å². The molecule has 0 radical (unpaired) electrons. The number of carbonyl (C=O) groups is 2. The molecule has 164 valence electrons. The monoisotopic (exact) mass is 443 g/mol. The van der Waals surface area contributed by atoms with Crippen LogP contribution >= 0.6 is 11.8 Å². The number of methoxy groups -OCH3 is 2. The lowest BCUT2D eigenvalue weighted by Gasteiger charge is -2.30. The first-order valence-electron chi connectivity index (χ1n) is 9.90. The number of benzene rings is 1. The summed E-state index contributed by atoms with van der Waals surface area (Å²) >= 11 is 1.20. The minimum absolute atomic E-state index is 0.148. The van der Waals surface area contributed by atoms with Crippen molar-refractivity contribution in [1.29, 1.82) is 5.26 Å². The average Bonchev–Trinajstić information content (AvgIpc) is 3.11. The molecule has 2 unspecified atom stereocenters. The quantitative estimate of drug-likeness (QED) is 0.488. The summed E-state index contributed by atoms with van der Waals surface area (Å²) in [5, 5.41) is 15.9. The van der Waals surface area contributed by atoms with Gasteiger partial charge in [-0.2, -0.15) is 5.26 Å². The second-order valence-electron chi connectivity index (χ2n) is 6.90. The van der Waals surface area contributed by atoms with Crippen LogP contribution in [0, 0.1) is 17.2 Å².